The second kappa shape index (κ2) is 5.78. The van der Waals surface area contributed by atoms with Crippen molar-refractivity contribution in [1.82, 2.24) is 4.90 Å². The minimum atomic E-state index is -0.357. The van der Waals surface area contributed by atoms with Crippen LogP contribution >= 0.6 is 0 Å². The number of hydrogen-bond donors (Lipinski definition) is 0. The molecular weight excluding hydrogens is 264 g/mol. The number of nitriles is 1. The fourth-order valence-corrected chi connectivity index (χ4v) is 2.46. The van der Waals surface area contributed by atoms with Crippen molar-refractivity contribution in [1.29, 1.82) is 5.26 Å². The van der Waals surface area contributed by atoms with Crippen LogP contribution in [0.1, 0.15) is 27.7 Å². The van der Waals surface area contributed by atoms with Crippen LogP contribution < -0.4 is 0 Å². The minimum Gasteiger partial charge on any atom is -0.352 e. The summed E-state index contributed by atoms with van der Waals surface area (Å²) in [5, 5.41) is 8.94. The van der Waals surface area contributed by atoms with Gasteiger partial charge in [-0.3, -0.25) is 4.79 Å². The van der Waals surface area contributed by atoms with E-state index in [0.29, 0.717) is 24.3 Å². The highest BCUT2D eigenvalue weighted by atomic mass is 16.5. The summed E-state index contributed by atoms with van der Waals surface area (Å²) in [5.74, 6) is -0.113. The maximum atomic E-state index is 12.6. The van der Waals surface area contributed by atoms with E-state index in [1.165, 1.54) is 0 Å². The normalized spacial score (nSPS) is 17.5. The van der Waals surface area contributed by atoms with Gasteiger partial charge in [-0.2, -0.15) is 5.26 Å². The molecule has 1 atom stereocenters. The van der Waals surface area contributed by atoms with Crippen molar-refractivity contribution >= 4 is 5.91 Å². The van der Waals surface area contributed by atoms with E-state index in [-0.39, 0.29) is 12.1 Å². The van der Waals surface area contributed by atoms with Gasteiger partial charge in [-0.15, -0.1) is 0 Å². The standard InChI is InChI=1S/C17H14N2O2/c18-12-13-5-4-8-15(11-13)16(20)19-9-10-21-17(19)14-6-2-1-3-7-14/h1-8,11,17H,9-10H2. The number of amides is 1. The molecule has 1 aliphatic rings. The maximum Gasteiger partial charge on any atom is 0.256 e. The van der Waals surface area contributed by atoms with Gasteiger partial charge in [0.15, 0.2) is 6.23 Å². The van der Waals surface area contributed by atoms with E-state index in [1.54, 1.807) is 29.2 Å². The Balaban J connectivity index is 1.88. The summed E-state index contributed by atoms with van der Waals surface area (Å²) in [5.41, 5.74) is 1.96. The third-order valence-electron chi connectivity index (χ3n) is 3.48. The van der Waals surface area contributed by atoms with Crippen molar-refractivity contribution in [2.24, 2.45) is 0 Å². The summed E-state index contributed by atoms with van der Waals surface area (Å²) in [7, 11) is 0. The predicted octanol–water partition coefficient (Wildman–Crippen LogP) is 2.73. The van der Waals surface area contributed by atoms with Gasteiger partial charge in [0.05, 0.1) is 18.2 Å². The lowest BCUT2D eigenvalue weighted by Crippen LogP contribution is -2.31. The zero-order chi connectivity index (χ0) is 14.7. The Labute approximate surface area is 123 Å². The average Bonchev–Trinajstić information content (AvgIpc) is 3.04. The number of benzene rings is 2. The molecule has 0 aromatic heterocycles. The first-order chi connectivity index (χ1) is 10.3. The number of carbonyl (C=O) groups is 1. The van der Waals surface area contributed by atoms with Crippen LogP contribution in [0.4, 0.5) is 0 Å². The molecule has 0 bridgehead atoms. The highest BCUT2D eigenvalue weighted by Gasteiger charge is 2.31. The SMILES string of the molecule is N#Cc1cccc(C(=O)N2CCOC2c2ccccc2)c1. The van der Waals surface area contributed by atoms with Crippen molar-refractivity contribution < 1.29 is 9.53 Å². The molecule has 4 heteroatoms. The van der Waals surface area contributed by atoms with Gasteiger partial charge in [0, 0.05) is 17.7 Å². The van der Waals surface area contributed by atoms with Crippen LogP contribution in [0.5, 0.6) is 0 Å². The quantitative estimate of drug-likeness (QED) is 0.848. The molecule has 0 radical (unpaired) electrons. The van der Waals surface area contributed by atoms with Crippen LogP contribution in [-0.2, 0) is 4.74 Å². The van der Waals surface area contributed by atoms with E-state index < -0.39 is 0 Å². The lowest BCUT2D eigenvalue weighted by molar-refractivity contribution is 0.0272. The summed E-state index contributed by atoms with van der Waals surface area (Å²) in [6.07, 6.45) is -0.357. The van der Waals surface area contributed by atoms with Gasteiger partial charge in [-0.25, -0.2) is 0 Å². The lowest BCUT2D eigenvalue weighted by atomic mass is 10.1. The summed E-state index contributed by atoms with van der Waals surface area (Å²) in [6.45, 7) is 1.07. The number of nitrogens with zero attached hydrogens (tertiary/aromatic N) is 2. The summed E-state index contributed by atoms with van der Waals surface area (Å²) >= 11 is 0. The molecule has 1 amide bonds. The number of ether oxygens (including phenoxy) is 1. The summed E-state index contributed by atoms with van der Waals surface area (Å²) < 4.78 is 5.69. The molecule has 0 saturated carbocycles. The van der Waals surface area contributed by atoms with Crippen LogP contribution in [0.2, 0.25) is 0 Å². The Morgan fingerprint density at radius 3 is 2.76 bits per heavy atom. The van der Waals surface area contributed by atoms with Gasteiger partial charge in [-0.05, 0) is 18.2 Å². The molecule has 1 heterocycles. The molecule has 21 heavy (non-hydrogen) atoms. The smallest absolute Gasteiger partial charge is 0.256 e. The maximum absolute atomic E-state index is 12.6. The zero-order valence-corrected chi connectivity index (χ0v) is 11.4. The lowest BCUT2D eigenvalue weighted by Gasteiger charge is -2.23. The second-order valence-corrected chi connectivity index (χ2v) is 4.82. The molecule has 3 rings (SSSR count). The predicted molar refractivity (Wildman–Crippen MR) is 77.3 cm³/mol. The first-order valence-electron chi connectivity index (χ1n) is 6.77. The average molecular weight is 278 g/mol. The van der Waals surface area contributed by atoms with Crippen LogP contribution in [0.25, 0.3) is 0 Å². The Hall–Kier alpha value is -2.64. The van der Waals surface area contributed by atoms with E-state index in [4.69, 9.17) is 10.00 Å². The van der Waals surface area contributed by atoms with Gasteiger partial charge >= 0.3 is 0 Å². The third kappa shape index (κ3) is 2.64. The Bertz CT molecular complexity index is 691. The number of rotatable bonds is 2. The van der Waals surface area contributed by atoms with Crippen molar-refractivity contribution in [2.45, 2.75) is 6.23 Å². The van der Waals surface area contributed by atoms with E-state index in [0.717, 1.165) is 5.56 Å². The number of carbonyl (C=O) groups excluding carboxylic acids is 1. The molecular formula is C17H14N2O2. The molecule has 0 spiro atoms. The fraction of sp³-hybridized carbons (Fsp3) is 0.176. The van der Waals surface area contributed by atoms with Crippen LogP contribution in [0, 0.1) is 11.3 Å². The fourth-order valence-electron chi connectivity index (χ4n) is 2.46. The highest BCUT2D eigenvalue weighted by Crippen LogP contribution is 2.28. The molecule has 1 unspecified atom stereocenters. The highest BCUT2D eigenvalue weighted by molar-refractivity contribution is 5.94. The third-order valence-corrected chi connectivity index (χ3v) is 3.48. The Kier molecular flexibility index (Phi) is 3.67. The molecule has 1 saturated heterocycles. The largest absolute Gasteiger partial charge is 0.352 e. The molecule has 1 aliphatic heterocycles. The molecule has 2 aromatic carbocycles. The minimum absolute atomic E-state index is 0.113. The summed E-state index contributed by atoms with van der Waals surface area (Å²) in [6, 6.07) is 18.5. The number of hydrogen-bond acceptors (Lipinski definition) is 3. The molecule has 0 aliphatic carbocycles. The molecule has 4 nitrogen and oxygen atoms in total. The van der Waals surface area contributed by atoms with Gasteiger partial charge in [0.2, 0.25) is 0 Å². The molecule has 104 valence electrons. The molecule has 2 aromatic rings. The zero-order valence-electron chi connectivity index (χ0n) is 11.4. The molecule has 1 fully saturated rings. The van der Waals surface area contributed by atoms with Crippen LogP contribution in [0.15, 0.2) is 54.6 Å². The Morgan fingerprint density at radius 2 is 2.00 bits per heavy atom. The Morgan fingerprint density at radius 1 is 1.19 bits per heavy atom. The van der Waals surface area contributed by atoms with Crippen LogP contribution in [0.3, 0.4) is 0 Å². The van der Waals surface area contributed by atoms with E-state index >= 15 is 0 Å². The van der Waals surface area contributed by atoms with E-state index in [2.05, 4.69) is 6.07 Å². The van der Waals surface area contributed by atoms with Crippen molar-refractivity contribution in [2.75, 3.05) is 13.2 Å². The monoisotopic (exact) mass is 278 g/mol. The second-order valence-electron chi connectivity index (χ2n) is 4.82. The van der Waals surface area contributed by atoms with Gasteiger partial charge in [-0.1, -0.05) is 36.4 Å². The van der Waals surface area contributed by atoms with Gasteiger partial charge in [0.25, 0.3) is 5.91 Å². The van der Waals surface area contributed by atoms with Crippen LogP contribution in [-0.4, -0.2) is 24.0 Å². The van der Waals surface area contributed by atoms with Gasteiger partial charge in [0.1, 0.15) is 0 Å². The molecule has 0 N–H and O–H groups in total. The van der Waals surface area contributed by atoms with Crippen molar-refractivity contribution in [3.63, 3.8) is 0 Å². The topological polar surface area (TPSA) is 53.3 Å². The van der Waals surface area contributed by atoms with E-state index in [1.807, 2.05) is 30.3 Å². The van der Waals surface area contributed by atoms with Crippen molar-refractivity contribution in [3.05, 3.63) is 71.3 Å². The van der Waals surface area contributed by atoms with E-state index in [9.17, 15) is 4.79 Å². The first-order valence-corrected chi connectivity index (χ1v) is 6.77. The first kappa shape index (κ1) is 13.3. The van der Waals surface area contributed by atoms with Gasteiger partial charge < -0.3 is 9.64 Å². The van der Waals surface area contributed by atoms with Crippen molar-refractivity contribution in [3.8, 4) is 6.07 Å². The summed E-state index contributed by atoms with van der Waals surface area (Å²) in [4.78, 5) is 14.3.